The summed E-state index contributed by atoms with van der Waals surface area (Å²) in [4.78, 5) is 0. The molecule has 1 aromatic carbocycles. The van der Waals surface area contributed by atoms with E-state index in [9.17, 15) is 5.11 Å². The zero-order valence-electron chi connectivity index (χ0n) is 10.9. The van der Waals surface area contributed by atoms with Crippen molar-refractivity contribution in [2.45, 2.75) is 19.3 Å². The lowest BCUT2D eigenvalue weighted by molar-refractivity contribution is 0.358. The molecule has 4 saturated carbocycles. The topological polar surface area (TPSA) is 29.5 Å². The smallest absolute Gasteiger partial charge is 0.134 e. The van der Waals surface area contributed by atoms with E-state index < -0.39 is 0 Å². The van der Waals surface area contributed by atoms with Crippen LogP contribution in [-0.2, 0) is 4.74 Å². The van der Waals surface area contributed by atoms with Gasteiger partial charge in [-0.1, -0.05) is 17.7 Å². The molecule has 4 bridgehead atoms. The number of allylic oxidation sites excluding steroid dienone is 1. The summed E-state index contributed by atoms with van der Waals surface area (Å²) in [6, 6.07) is 5.38. The summed E-state index contributed by atoms with van der Waals surface area (Å²) >= 11 is 6.24. The Bertz CT molecular complexity index is 560. The number of phenolic OH excluding ortho intramolecular Hbond substituents is 1. The zero-order valence-corrected chi connectivity index (χ0v) is 11.7. The molecule has 0 radical (unpaired) electrons. The average molecular weight is 277 g/mol. The summed E-state index contributed by atoms with van der Waals surface area (Å²) in [6.07, 6.45) is 4.06. The van der Waals surface area contributed by atoms with Gasteiger partial charge in [0.1, 0.15) is 11.5 Å². The lowest BCUT2D eigenvalue weighted by Crippen LogP contribution is -2.06. The fourth-order valence-corrected chi connectivity index (χ4v) is 4.94. The third-order valence-corrected chi connectivity index (χ3v) is 5.74. The summed E-state index contributed by atoms with van der Waals surface area (Å²) in [5, 5.41) is 10.2. The third kappa shape index (κ3) is 1.44. The monoisotopic (exact) mass is 276 g/mol. The van der Waals surface area contributed by atoms with E-state index in [2.05, 4.69) is 0 Å². The second kappa shape index (κ2) is 3.92. The Kier molecular flexibility index (Phi) is 2.41. The zero-order chi connectivity index (χ0) is 13.1. The SMILES string of the molecule is COC(=C1C2CC3CC2CC13)c1cccc(O)c1Cl. The van der Waals surface area contributed by atoms with E-state index in [1.165, 1.54) is 24.8 Å². The molecule has 3 heteroatoms. The molecular weight excluding hydrogens is 260 g/mol. The first-order chi connectivity index (χ1) is 9.20. The molecule has 2 nitrogen and oxygen atoms in total. The van der Waals surface area contributed by atoms with Crippen molar-refractivity contribution < 1.29 is 9.84 Å². The van der Waals surface area contributed by atoms with Gasteiger partial charge in [-0.3, -0.25) is 0 Å². The Morgan fingerprint density at radius 2 is 1.89 bits per heavy atom. The number of hydrogen-bond acceptors (Lipinski definition) is 2. The van der Waals surface area contributed by atoms with E-state index in [-0.39, 0.29) is 5.75 Å². The molecule has 0 amide bonds. The van der Waals surface area contributed by atoms with Crippen LogP contribution in [0.3, 0.4) is 0 Å². The van der Waals surface area contributed by atoms with Gasteiger partial charge in [-0.15, -0.1) is 0 Å². The molecule has 1 N–H and O–H groups in total. The summed E-state index contributed by atoms with van der Waals surface area (Å²) in [5.74, 6) is 4.18. The molecule has 4 aliphatic carbocycles. The molecule has 4 fully saturated rings. The van der Waals surface area contributed by atoms with Crippen molar-refractivity contribution in [3.63, 3.8) is 0 Å². The van der Waals surface area contributed by atoms with Gasteiger partial charge in [0.25, 0.3) is 0 Å². The second-order valence-corrected chi connectivity index (χ2v) is 6.45. The first-order valence-electron chi connectivity index (χ1n) is 6.96. The van der Waals surface area contributed by atoms with Gasteiger partial charge >= 0.3 is 0 Å². The van der Waals surface area contributed by atoms with E-state index in [0.29, 0.717) is 16.9 Å². The van der Waals surface area contributed by atoms with Crippen molar-refractivity contribution in [3.8, 4) is 5.75 Å². The lowest BCUT2D eigenvalue weighted by Gasteiger charge is -2.19. The molecule has 100 valence electrons. The summed E-state index contributed by atoms with van der Waals surface area (Å²) < 4.78 is 5.69. The molecular formula is C16H17ClO2. The number of benzene rings is 1. The van der Waals surface area contributed by atoms with Crippen molar-refractivity contribution in [1.82, 2.24) is 0 Å². The number of phenols is 1. The Labute approximate surface area is 118 Å². The maximum Gasteiger partial charge on any atom is 0.134 e. The number of ether oxygens (including phenoxy) is 1. The molecule has 0 heterocycles. The molecule has 0 spiro atoms. The maximum atomic E-state index is 9.79. The van der Waals surface area contributed by atoms with Crippen molar-refractivity contribution in [1.29, 1.82) is 0 Å². The quantitative estimate of drug-likeness (QED) is 0.825. The maximum absolute atomic E-state index is 9.79. The molecule has 5 rings (SSSR count). The van der Waals surface area contributed by atoms with Crippen molar-refractivity contribution >= 4 is 17.4 Å². The molecule has 4 aliphatic rings. The highest BCUT2D eigenvalue weighted by Gasteiger charge is 2.58. The van der Waals surface area contributed by atoms with Gasteiger partial charge in [0.15, 0.2) is 0 Å². The lowest BCUT2D eigenvalue weighted by atomic mass is 9.91. The summed E-state index contributed by atoms with van der Waals surface area (Å²) in [5.41, 5.74) is 2.31. The van der Waals surface area contributed by atoms with Crippen LogP contribution in [0.5, 0.6) is 5.75 Å². The average Bonchev–Trinajstić information content (AvgIpc) is 3.12. The number of aromatic hydroxyl groups is 1. The normalized spacial score (nSPS) is 34.3. The van der Waals surface area contributed by atoms with Crippen molar-refractivity contribution in [2.75, 3.05) is 7.11 Å². The second-order valence-electron chi connectivity index (χ2n) is 6.07. The largest absolute Gasteiger partial charge is 0.506 e. The molecule has 4 atom stereocenters. The summed E-state index contributed by atoms with van der Waals surface area (Å²) in [7, 11) is 1.71. The molecule has 4 unspecified atom stereocenters. The third-order valence-electron chi connectivity index (χ3n) is 5.35. The minimum absolute atomic E-state index is 0.129. The molecule has 0 aliphatic heterocycles. The van der Waals surface area contributed by atoms with Crippen LogP contribution >= 0.6 is 11.6 Å². The van der Waals surface area contributed by atoms with Crippen LogP contribution in [0.25, 0.3) is 5.76 Å². The highest BCUT2D eigenvalue weighted by molar-refractivity contribution is 6.33. The highest BCUT2D eigenvalue weighted by Crippen LogP contribution is 2.67. The fourth-order valence-electron chi connectivity index (χ4n) is 4.73. The number of halogens is 1. The van der Waals surface area contributed by atoms with Crippen LogP contribution < -0.4 is 0 Å². The van der Waals surface area contributed by atoms with E-state index in [1.54, 1.807) is 13.2 Å². The predicted octanol–water partition coefficient (Wildman–Crippen LogP) is 4.08. The minimum atomic E-state index is 0.129. The Morgan fingerprint density at radius 1 is 1.21 bits per heavy atom. The molecule has 0 saturated heterocycles. The first kappa shape index (κ1) is 11.7. The van der Waals surface area contributed by atoms with Crippen LogP contribution in [0.15, 0.2) is 23.8 Å². The van der Waals surface area contributed by atoms with Gasteiger partial charge in [0, 0.05) is 5.56 Å². The molecule has 19 heavy (non-hydrogen) atoms. The number of rotatable bonds is 2. The number of methoxy groups -OCH3 is 1. The van der Waals surface area contributed by atoms with Crippen molar-refractivity contribution in [2.24, 2.45) is 23.7 Å². The minimum Gasteiger partial charge on any atom is -0.506 e. The van der Waals surface area contributed by atoms with Gasteiger partial charge in [-0.2, -0.15) is 0 Å². The first-order valence-corrected chi connectivity index (χ1v) is 7.34. The predicted molar refractivity (Wildman–Crippen MR) is 74.9 cm³/mol. The van der Waals surface area contributed by atoms with Gasteiger partial charge < -0.3 is 9.84 Å². The van der Waals surface area contributed by atoms with E-state index in [1.807, 2.05) is 12.1 Å². The summed E-state index contributed by atoms with van der Waals surface area (Å²) in [6.45, 7) is 0. The fraction of sp³-hybridized carbons (Fsp3) is 0.500. The van der Waals surface area contributed by atoms with Gasteiger partial charge in [-0.05, 0) is 60.6 Å². The molecule has 1 aromatic rings. The van der Waals surface area contributed by atoms with Gasteiger partial charge in [0.05, 0.1) is 12.1 Å². The van der Waals surface area contributed by atoms with E-state index in [0.717, 1.165) is 23.2 Å². The van der Waals surface area contributed by atoms with Crippen LogP contribution in [0.2, 0.25) is 5.02 Å². The number of hydrogen-bond donors (Lipinski definition) is 1. The standard InChI is InChI=1S/C16H17ClO2/c1-19-16(10-3-2-4-13(18)15(10)17)14-11-6-8-5-9(11)7-12(8)14/h2-4,8-9,11-12,18H,5-7H2,1H3. The van der Waals surface area contributed by atoms with Crippen LogP contribution in [0.4, 0.5) is 0 Å². The highest BCUT2D eigenvalue weighted by atomic mass is 35.5. The van der Waals surface area contributed by atoms with E-state index in [4.69, 9.17) is 16.3 Å². The van der Waals surface area contributed by atoms with E-state index >= 15 is 0 Å². The van der Waals surface area contributed by atoms with Crippen LogP contribution in [0, 0.1) is 23.7 Å². The Balaban J connectivity index is 1.87. The van der Waals surface area contributed by atoms with Crippen LogP contribution in [0.1, 0.15) is 24.8 Å². The Hall–Kier alpha value is -1.15. The molecule has 0 aromatic heterocycles. The van der Waals surface area contributed by atoms with Gasteiger partial charge in [-0.25, -0.2) is 0 Å². The van der Waals surface area contributed by atoms with Crippen molar-refractivity contribution in [3.05, 3.63) is 34.4 Å². The van der Waals surface area contributed by atoms with Gasteiger partial charge in [0.2, 0.25) is 0 Å². The Morgan fingerprint density at radius 3 is 2.47 bits per heavy atom. The van der Waals surface area contributed by atoms with Crippen LogP contribution in [-0.4, -0.2) is 12.2 Å².